The molecule has 6 heteroatoms. The zero-order valence-electron chi connectivity index (χ0n) is 13.3. The van der Waals surface area contributed by atoms with Crippen LogP contribution < -0.4 is 0 Å². The van der Waals surface area contributed by atoms with Gasteiger partial charge in [-0.05, 0) is 6.42 Å². The first-order chi connectivity index (χ1) is 10.7. The number of rotatable bonds is 10. The fourth-order valence-corrected chi connectivity index (χ4v) is 1.84. The van der Waals surface area contributed by atoms with Crippen molar-refractivity contribution >= 4 is 11.9 Å². The number of ether oxygens (including phenoxy) is 2. The maximum atomic E-state index is 11.6. The molecule has 1 heterocycles. The quantitative estimate of drug-likeness (QED) is 0.487. The first-order valence-corrected chi connectivity index (χ1v) is 7.68. The molecule has 0 fully saturated rings. The van der Waals surface area contributed by atoms with Gasteiger partial charge in [-0.25, -0.2) is 0 Å². The third-order valence-corrected chi connectivity index (χ3v) is 3.16. The minimum absolute atomic E-state index is 0.101. The number of esters is 2. The average molecular weight is 308 g/mol. The van der Waals surface area contributed by atoms with E-state index in [1.165, 1.54) is 26.1 Å². The van der Waals surface area contributed by atoms with Crippen LogP contribution in [0.5, 0.6) is 0 Å². The SMILES string of the molecule is CCCCCCOC(=O)CCc1cnc(CC(=O)OC)cn1. The lowest BCUT2D eigenvalue weighted by Gasteiger charge is -2.05. The molecule has 1 aromatic rings. The summed E-state index contributed by atoms with van der Waals surface area (Å²) in [7, 11) is 1.33. The van der Waals surface area contributed by atoms with E-state index in [4.69, 9.17) is 4.74 Å². The fraction of sp³-hybridized carbons (Fsp3) is 0.625. The van der Waals surface area contributed by atoms with Gasteiger partial charge in [-0.2, -0.15) is 0 Å². The molecule has 0 spiro atoms. The fourth-order valence-electron chi connectivity index (χ4n) is 1.84. The van der Waals surface area contributed by atoms with Gasteiger partial charge in [0, 0.05) is 18.8 Å². The predicted octanol–water partition coefficient (Wildman–Crippen LogP) is 2.25. The minimum atomic E-state index is -0.353. The van der Waals surface area contributed by atoms with Crippen LogP contribution in [-0.4, -0.2) is 35.6 Å². The normalized spacial score (nSPS) is 10.3. The smallest absolute Gasteiger partial charge is 0.311 e. The second kappa shape index (κ2) is 10.7. The van der Waals surface area contributed by atoms with Crippen molar-refractivity contribution in [1.82, 2.24) is 9.97 Å². The van der Waals surface area contributed by atoms with Crippen molar-refractivity contribution in [3.8, 4) is 0 Å². The number of carbonyl (C=O) groups excluding carboxylic acids is 2. The topological polar surface area (TPSA) is 78.4 Å². The predicted molar refractivity (Wildman–Crippen MR) is 81.2 cm³/mol. The van der Waals surface area contributed by atoms with Crippen LogP contribution in [0.15, 0.2) is 12.4 Å². The van der Waals surface area contributed by atoms with E-state index >= 15 is 0 Å². The van der Waals surface area contributed by atoms with E-state index in [0.29, 0.717) is 30.8 Å². The van der Waals surface area contributed by atoms with Crippen molar-refractivity contribution in [3.63, 3.8) is 0 Å². The molecular formula is C16H24N2O4. The van der Waals surface area contributed by atoms with E-state index in [1.54, 1.807) is 6.20 Å². The lowest BCUT2D eigenvalue weighted by molar-refractivity contribution is -0.143. The van der Waals surface area contributed by atoms with Gasteiger partial charge in [-0.3, -0.25) is 19.6 Å². The maximum absolute atomic E-state index is 11.6. The van der Waals surface area contributed by atoms with Crippen LogP contribution >= 0.6 is 0 Å². The van der Waals surface area contributed by atoms with E-state index in [2.05, 4.69) is 21.6 Å². The van der Waals surface area contributed by atoms with E-state index < -0.39 is 0 Å². The molecule has 0 aromatic carbocycles. The molecule has 0 N–H and O–H groups in total. The Morgan fingerprint density at radius 2 is 1.77 bits per heavy atom. The lowest BCUT2D eigenvalue weighted by atomic mass is 10.2. The van der Waals surface area contributed by atoms with E-state index in [0.717, 1.165) is 12.8 Å². The summed E-state index contributed by atoms with van der Waals surface area (Å²) in [6.45, 7) is 2.63. The summed E-state index contributed by atoms with van der Waals surface area (Å²) < 4.78 is 9.71. The third kappa shape index (κ3) is 7.71. The van der Waals surface area contributed by atoms with Crippen molar-refractivity contribution in [2.75, 3.05) is 13.7 Å². The second-order valence-corrected chi connectivity index (χ2v) is 5.03. The summed E-state index contributed by atoms with van der Waals surface area (Å²) in [5.41, 5.74) is 1.26. The Kier molecular flexibility index (Phi) is 8.79. The number of nitrogens with zero attached hydrogens (tertiary/aromatic N) is 2. The lowest BCUT2D eigenvalue weighted by Crippen LogP contribution is -2.09. The Balaban J connectivity index is 2.23. The molecule has 1 rings (SSSR count). The Hall–Kier alpha value is -1.98. The molecule has 0 aliphatic carbocycles. The summed E-state index contributed by atoms with van der Waals surface area (Å²) in [5.74, 6) is -0.564. The molecule has 0 unspecified atom stereocenters. The zero-order chi connectivity index (χ0) is 16.2. The van der Waals surface area contributed by atoms with Crippen LogP contribution in [0.2, 0.25) is 0 Å². The number of unbranched alkanes of at least 4 members (excludes halogenated alkanes) is 3. The van der Waals surface area contributed by atoms with Gasteiger partial charge in [-0.1, -0.05) is 26.2 Å². The highest BCUT2D eigenvalue weighted by Gasteiger charge is 2.07. The molecule has 122 valence electrons. The molecule has 0 saturated heterocycles. The number of carbonyl (C=O) groups is 2. The highest BCUT2D eigenvalue weighted by Crippen LogP contribution is 2.03. The molecule has 6 nitrogen and oxygen atoms in total. The van der Waals surface area contributed by atoms with E-state index in [9.17, 15) is 9.59 Å². The highest BCUT2D eigenvalue weighted by atomic mass is 16.5. The molecule has 0 aliphatic heterocycles. The number of methoxy groups -OCH3 is 1. The molecule has 0 aliphatic rings. The van der Waals surface area contributed by atoms with Crippen molar-refractivity contribution in [2.24, 2.45) is 0 Å². The van der Waals surface area contributed by atoms with Crippen molar-refractivity contribution in [3.05, 3.63) is 23.8 Å². The van der Waals surface area contributed by atoms with Crippen LogP contribution in [0, 0.1) is 0 Å². The minimum Gasteiger partial charge on any atom is -0.469 e. The van der Waals surface area contributed by atoms with Crippen LogP contribution in [0.3, 0.4) is 0 Å². The molecular weight excluding hydrogens is 284 g/mol. The first kappa shape index (κ1) is 18.1. The third-order valence-electron chi connectivity index (χ3n) is 3.16. The summed E-state index contributed by atoms with van der Waals surface area (Å²) in [6.07, 6.45) is 8.33. The van der Waals surface area contributed by atoms with Gasteiger partial charge in [0.2, 0.25) is 0 Å². The highest BCUT2D eigenvalue weighted by molar-refractivity contribution is 5.71. The second-order valence-electron chi connectivity index (χ2n) is 5.03. The largest absolute Gasteiger partial charge is 0.469 e. The van der Waals surface area contributed by atoms with Gasteiger partial charge >= 0.3 is 11.9 Å². The Morgan fingerprint density at radius 1 is 1.05 bits per heavy atom. The zero-order valence-corrected chi connectivity index (χ0v) is 13.3. The van der Waals surface area contributed by atoms with Gasteiger partial charge in [0.25, 0.3) is 0 Å². The van der Waals surface area contributed by atoms with Gasteiger partial charge in [0.1, 0.15) is 0 Å². The molecule has 0 atom stereocenters. The molecule has 0 amide bonds. The summed E-state index contributed by atoms with van der Waals surface area (Å²) in [6, 6.07) is 0. The van der Waals surface area contributed by atoms with Crippen molar-refractivity contribution in [1.29, 1.82) is 0 Å². The number of hydrogen-bond acceptors (Lipinski definition) is 6. The molecule has 0 saturated carbocycles. The molecule has 1 aromatic heterocycles. The molecule has 22 heavy (non-hydrogen) atoms. The Morgan fingerprint density at radius 3 is 2.41 bits per heavy atom. The van der Waals surface area contributed by atoms with Crippen molar-refractivity contribution in [2.45, 2.75) is 51.9 Å². The van der Waals surface area contributed by atoms with Crippen LogP contribution in [0.4, 0.5) is 0 Å². The standard InChI is InChI=1S/C16H24N2O4/c1-3-4-5-6-9-22-15(19)8-7-13-11-18-14(12-17-13)10-16(20)21-2/h11-12H,3-10H2,1-2H3. The Labute approximate surface area is 131 Å². The van der Waals surface area contributed by atoms with E-state index in [1.807, 2.05) is 0 Å². The number of aromatic nitrogens is 2. The van der Waals surface area contributed by atoms with Gasteiger partial charge in [-0.15, -0.1) is 0 Å². The molecule has 0 radical (unpaired) electrons. The van der Waals surface area contributed by atoms with Gasteiger partial charge in [0.15, 0.2) is 0 Å². The van der Waals surface area contributed by atoms with Crippen molar-refractivity contribution < 1.29 is 19.1 Å². The summed E-state index contributed by atoms with van der Waals surface area (Å²) in [4.78, 5) is 31.0. The summed E-state index contributed by atoms with van der Waals surface area (Å²) in [5, 5.41) is 0. The van der Waals surface area contributed by atoms with Crippen LogP contribution in [0.1, 0.15) is 50.4 Å². The maximum Gasteiger partial charge on any atom is 0.311 e. The number of hydrogen-bond donors (Lipinski definition) is 0. The summed E-state index contributed by atoms with van der Waals surface area (Å²) >= 11 is 0. The number of aryl methyl sites for hydroxylation is 1. The van der Waals surface area contributed by atoms with Crippen LogP contribution in [0.25, 0.3) is 0 Å². The van der Waals surface area contributed by atoms with E-state index in [-0.39, 0.29) is 18.4 Å². The monoisotopic (exact) mass is 308 g/mol. The van der Waals surface area contributed by atoms with Gasteiger partial charge < -0.3 is 9.47 Å². The van der Waals surface area contributed by atoms with Gasteiger partial charge in [0.05, 0.1) is 37.9 Å². The van der Waals surface area contributed by atoms with Crippen LogP contribution in [-0.2, 0) is 31.9 Å². The first-order valence-electron chi connectivity index (χ1n) is 7.68. The molecule has 0 bridgehead atoms. The Bertz CT molecular complexity index is 460. The average Bonchev–Trinajstić information content (AvgIpc) is 2.54.